The smallest absolute Gasteiger partial charge is 0.270 e. The number of amides is 1. The molecule has 0 aliphatic heterocycles. The van der Waals surface area contributed by atoms with Crippen LogP contribution in [0.15, 0.2) is 23.2 Å². The van der Waals surface area contributed by atoms with Crippen LogP contribution in [0.25, 0.3) is 0 Å². The zero-order valence-corrected chi connectivity index (χ0v) is 10.4. The molecule has 19 heavy (non-hydrogen) atoms. The minimum atomic E-state index is -0.328. The molecule has 0 spiro atoms. The summed E-state index contributed by atoms with van der Waals surface area (Å²) in [5.74, 6) is 1.34. The zero-order valence-electron chi connectivity index (χ0n) is 10.4. The van der Waals surface area contributed by atoms with Crippen LogP contribution in [-0.2, 0) is 0 Å². The first kappa shape index (κ1) is 11.8. The van der Waals surface area contributed by atoms with Crippen LogP contribution in [-0.4, -0.2) is 26.0 Å². The second-order valence-corrected chi connectivity index (χ2v) is 4.56. The van der Waals surface area contributed by atoms with Crippen molar-refractivity contribution in [1.29, 1.82) is 0 Å². The van der Waals surface area contributed by atoms with Gasteiger partial charge in [-0.3, -0.25) is 4.79 Å². The van der Waals surface area contributed by atoms with Gasteiger partial charge in [0.15, 0.2) is 5.82 Å². The third-order valence-electron chi connectivity index (χ3n) is 2.96. The predicted molar refractivity (Wildman–Crippen MR) is 64.2 cm³/mol. The number of carbonyl (C=O) groups is 1. The molecular weight excluding hydrogens is 246 g/mol. The summed E-state index contributed by atoms with van der Waals surface area (Å²) >= 11 is 0. The van der Waals surface area contributed by atoms with Crippen molar-refractivity contribution in [3.8, 4) is 0 Å². The fraction of sp³-hybridized carbons (Fsp3) is 0.417. The van der Waals surface area contributed by atoms with Gasteiger partial charge in [0.1, 0.15) is 11.5 Å². The molecule has 1 aliphatic carbocycles. The summed E-state index contributed by atoms with van der Waals surface area (Å²) in [6, 6.07) is 1.27. The third kappa shape index (κ3) is 2.59. The lowest BCUT2D eigenvalue weighted by atomic mass is 10.3. The van der Waals surface area contributed by atoms with Gasteiger partial charge in [0.05, 0.1) is 6.04 Å². The van der Waals surface area contributed by atoms with Gasteiger partial charge in [-0.25, -0.2) is 9.97 Å². The minimum Gasteiger partial charge on any atom is -0.343 e. The van der Waals surface area contributed by atoms with E-state index in [1.165, 1.54) is 6.39 Å². The van der Waals surface area contributed by atoms with Gasteiger partial charge in [0.2, 0.25) is 6.39 Å². The lowest BCUT2D eigenvalue weighted by Gasteiger charge is -2.09. The maximum absolute atomic E-state index is 12.1. The van der Waals surface area contributed by atoms with E-state index in [4.69, 9.17) is 0 Å². The quantitative estimate of drug-likeness (QED) is 0.887. The van der Waals surface area contributed by atoms with Crippen LogP contribution in [0.4, 0.5) is 0 Å². The lowest BCUT2D eigenvalue weighted by molar-refractivity contribution is 0.0932. The van der Waals surface area contributed by atoms with Crippen molar-refractivity contribution >= 4 is 5.91 Å². The number of nitrogens with one attached hydrogen (secondary N) is 1. The van der Waals surface area contributed by atoms with Crippen LogP contribution in [0.3, 0.4) is 0 Å². The fourth-order valence-corrected chi connectivity index (χ4v) is 1.74. The van der Waals surface area contributed by atoms with Crippen LogP contribution < -0.4 is 5.32 Å². The van der Waals surface area contributed by atoms with Gasteiger partial charge in [-0.2, -0.15) is 4.98 Å². The number of rotatable bonds is 4. The molecule has 2 aromatic rings. The number of carbonyl (C=O) groups excluding carboxylic acids is 1. The number of aromatic nitrogens is 4. The minimum absolute atomic E-state index is 0.262. The van der Waals surface area contributed by atoms with E-state index in [9.17, 15) is 4.79 Å². The molecule has 1 aliphatic rings. The normalized spacial score (nSPS) is 16.1. The summed E-state index contributed by atoms with van der Waals surface area (Å²) < 4.78 is 4.64. The third-order valence-corrected chi connectivity index (χ3v) is 2.96. The van der Waals surface area contributed by atoms with E-state index in [1.807, 2.05) is 0 Å². The maximum Gasteiger partial charge on any atom is 0.270 e. The van der Waals surface area contributed by atoms with Crippen molar-refractivity contribution in [3.63, 3.8) is 0 Å². The zero-order chi connectivity index (χ0) is 13.2. The van der Waals surface area contributed by atoms with Gasteiger partial charge in [-0.05, 0) is 25.8 Å². The Hall–Kier alpha value is -2.31. The first-order chi connectivity index (χ1) is 9.24. The van der Waals surface area contributed by atoms with Gasteiger partial charge >= 0.3 is 0 Å². The van der Waals surface area contributed by atoms with Gasteiger partial charge in [-0.1, -0.05) is 5.16 Å². The highest BCUT2D eigenvalue weighted by Crippen LogP contribution is 2.37. The van der Waals surface area contributed by atoms with Crippen molar-refractivity contribution in [1.82, 2.24) is 25.4 Å². The van der Waals surface area contributed by atoms with Crippen molar-refractivity contribution < 1.29 is 9.32 Å². The highest BCUT2D eigenvalue weighted by Gasteiger charge is 2.27. The second kappa shape index (κ2) is 4.75. The Kier molecular flexibility index (Phi) is 2.94. The van der Waals surface area contributed by atoms with E-state index in [0.29, 0.717) is 17.4 Å². The van der Waals surface area contributed by atoms with Crippen molar-refractivity contribution in [2.45, 2.75) is 31.7 Å². The van der Waals surface area contributed by atoms with Crippen LogP contribution in [0, 0.1) is 0 Å². The molecule has 1 N–H and O–H groups in total. The van der Waals surface area contributed by atoms with Crippen molar-refractivity contribution in [2.75, 3.05) is 0 Å². The largest absolute Gasteiger partial charge is 0.343 e. The van der Waals surface area contributed by atoms with Crippen LogP contribution >= 0.6 is 0 Å². The fourth-order valence-electron chi connectivity index (χ4n) is 1.74. The van der Waals surface area contributed by atoms with E-state index < -0.39 is 0 Å². The van der Waals surface area contributed by atoms with E-state index in [1.54, 1.807) is 19.2 Å². The summed E-state index contributed by atoms with van der Waals surface area (Å²) in [7, 11) is 0. The molecule has 7 nitrogen and oxygen atoms in total. The summed E-state index contributed by atoms with van der Waals surface area (Å²) in [6.45, 7) is 1.78. The summed E-state index contributed by atoms with van der Waals surface area (Å²) in [5.41, 5.74) is 0.368. The molecule has 1 atom stereocenters. The van der Waals surface area contributed by atoms with Gasteiger partial charge in [0, 0.05) is 12.1 Å². The molecule has 1 unspecified atom stereocenters. The molecule has 2 aromatic heterocycles. The maximum atomic E-state index is 12.1. The Bertz CT molecular complexity index is 580. The molecule has 0 radical (unpaired) electrons. The number of nitrogens with zero attached hydrogens (tertiary/aromatic N) is 4. The highest BCUT2D eigenvalue weighted by molar-refractivity contribution is 5.92. The molecule has 2 heterocycles. The molecular formula is C12H13N5O2. The lowest BCUT2D eigenvalue weighted by Crippen LogP contribution is -2.28. The number of hydrogen-bond acceptors (Lipinski definition) is 6. The topological polar surface area (TPSA) is 93.8 Å². The van der Waals surface area contributed by atoms with E-state index >= 15 is 0 Å². The van der Waals surface area contributed by atoms with Crippen LogP contribution in [0.5, 0.6) is 0 Å². The molecule has 1 fully saturated rings. The molecule has 3 rings (SSSR count). The SMILES string of the molecule is CC(NC(=O)c1ccnc(C2CC2)n1)c1ncon1. The molecule has 0 aromatic carbocycles. The monoisotopic (exact) mass is 259 g/mol. The Labute approximate surface area is 109 Å². The molecule has 7 heteroatoms. The van der Waals surface area contributed by atoms with E-state index in [2.05, 4.69) is 29.9 Å². The van der Waals surface area contributed by atoms with Gasteiger partial charge in [0.25, 0.3) is 5.91 Å². The van der Waals surface area contributed by atoms with E-state index in [0.717, 1.165) is 18.7 Å². The molecule has 0 bridgehead atoms. The first-order valence-corrected chi connectivity index (χ1v) is 6.14. The molecule has 98 valence electrons. The second-order valence-electron chi connectivity index (χ2n) is 4.56. The average Bonchev–Trinajstić information content (AvgIpc) is 3.13. The van der Waals surface area contributed by atoms with Crippen molar-refractivity contribution in [2.24, 2.45) is 0 Å². The molecule has 1 amide bonds. The standard InChI is InChI=1S/C12H13N5O2/c1-7(10-14-6-19-17-10)15-12(18)9-4-5-13-11(16-9)8-2-3-8/h4-8H,2-3H2,1H3,(H,15,18). The summed E-state index contributed by atoms with van der Waals surface area (Å²) in [4.78, 5) is 24.4. The Morgan fingerprint density at radius 1 is 1.47 bits per heavy atom. The molecule has 0 saturated heterocycles. The first-order valence-electron chi connectivity index (χ1n) is 6.14. The number of hydrogen-bond donors (Lipinski definition) is 1. The Morgan fingerprint density at radius 3 is 3.00 bits per heavy atom. The van der Waals surface area contributed by atoms with Crippen molar-refractivity contribution in [3.05, 3.63) is 36.0 Å². The van der Waals surface area contributed by atoms with Gasteiger partial charge in [-0.15, -0.1) is 0 Å². The predicted octanol–water partition coefficient (Wildman–Crippen LogP) is 1.23. The summed E-state index contributed by atoms with van der Waals surface area (Å²) in [5, 5.41) is 6.46. The summed E-state index contributed by atoms with van der Waals surface area (Å²) in [6.07, 6.45) is 5.05. The Morgan fingerprint density at radius 2 is 2.32 bits per heavy atom. The Balaban J connectivity index is 1.71. The van der Waals surface area contributed by atoms with Crippen LogP contribution in [0.2, 0.25) is 0 Å². The highest BCUT2D eigenvalue weighted by atomic mass is 16.5. The van der Waals surface area contributed by atoms with E-state index in [-0.39, 0.29) is 11.9 Å². The average molecular weight is 259 g/mol. The van der Waals surface area contributed by atoms with Crippen LogP contribution in [0.1, 0.15) is 53.9 Å². The van der Waals surface area contributed by atoms with Gasteiger partial charge < -0.3 is 9.84 Å². The molecule has 1 saturated carbocycles.